The van der Waals surface area contributed by atoms with E-state index in [1.54, 1.807) is 24.3 Å². The molecule has 1 aliphatic rings. The highest BCUT2D eigenvalue weighted by Gasteiger charge is 2.38. The third-order valence-corrected chi connectivity index (χ3v) is 4.71. The van der Waals surface area contributed by atoms with Gasteiger partial charge in [0, 0.05) is 10.0 Å². The van der Waals surface area contributed by atoms with Crippen LogP contribution in [0.2, 0.25) is 10.0 Å². The number of carbonyl (C=O) groups excluding carboxylic acids is 1. The first-order valence-electron chi connectivity index (χ1n) is 5.76. The number of hydrogen-bond donors (Lipinski definition) is 1. The number of benzene rings is 1. The molecular formula is C13H9Cl2NO3S2. The number of aliphatic carboxylic acids is 1. The smallest absolute Gasteiger partial charge is 0.326 e. The number of thiocarbonyl (C=S) groups is 1. The Balaban J connectivity index is 2.34. The van der Waals surface area contributed by atoms with Gasteiger partial charge in [-0.05, 0) is 30.7 Å². The molecule has 0 saturated carbocycles. The minimum absolute atomic E-state index is 0.214. The summed E-state index contributed by atoms with van der Waals surface area (Å²) in [5.74, 6) is -1.55. The predicted molar refractivity (Wildman–Crippen MR) is 88.6 cm³/mol. The second-order valence-corrected chi connectivity index (χ2v) is 6.75. The largest absolute Gasteiger partial charge is 0.480 e. The summed E-state index contributed by atoms with van der Waals surface area (Å²) in [6, 6.07) is 3.89. The summed E-state index contributed by atoms with van der Waals surface area (Å²) >= 11 is 18.0. The van der Waals surface area contributed by atoms with Crippen molar-refractivity contribution in [1.82, 2.24) is 4.90 Å². The third kappa shape index (κ3) is 3.40. The van der Waals surface area contributed by atoms with E-state index in [1.165, 1.54) is 6.92 Å². The SMILES string of the molecule is CC(C(=O)O)N1C(=O)/C(=C/c2ccc(Cl)cc2Cl)SC1=S. The molecule has 1 atom stereocenters. The minimum atomic E-state index is -1.11. The van der Waals surface area contributed by atoms with Crippen molar-refractivity contribution in [1.29, 1.82) is 0 Å². The van der Waals surface area contributed by atoms with Crippen LogP contribution in [-0.2, 0) is 9.59 Å². The van der Waals surface area contributed by atoms with Crippen molar-refractivity contribution in [3.05, 3.63) is 38.7 Å². The van der Waals surface area contributed by atoms with E-state index in [1.807, 2.05) is 0 Å². The van der Waals surface area contributed by atoms with Crippen LogP contribution in [0.1, 0.15) is 12.5 Å². The number of thioether (sulfide) groups is 1. The number of amides is 1. The maximum atomic E-state index is 12.3. The molecule has 0 aromatic heterocycles. The molecule has 1 saturated heterocycles. The average Bonchev–Trinajstić information content (AvgIpc) is 2.67. The number of carboxylic acid groups (broad SMARTS) is 1. The maximum absolute atomic E-state index is 12.3. The zero-order chi connectivity index (χ0) is 15.7. The fourth-order valence-electron chi connectivity index (χ4n) is 1.68. The molecule has 0 aliphatic carbocycles. The van der Waals surface area contributed by atoms with Gasteiger partial charge in [0.1, 0.15) is 10.4 Å². The first kappa shape index (κ1) is 16.3. The molecule has 1 unspecified atom stereocenters. The molecule has 8 heteroatoms. The Kier molecular flexibility index (Phi) is 4.93. The molecule has 1 aromatic rings. The van der Waals surface area contributed by atoms with E-state index in [-0.39, 0.29) is 4.32 Å². The number of halogens is 2. The molecule has 0 spiro atoms. The Hall–Kier alpha value is -1.08. The molecule has 1 N–H and O–H groups in total. The first-order chi connectivity index (χ1) is 9.81. The normalized spacial score (nSPS) is 18.4. The summed E-state index contributed by atoms with van der Waals surface area (Å²) in [5.41, 5.74) is 0.615. The zero-order valence-electron chi connectivity index (χ0n) is 10.7. The quantitative estimate of drug-likeness (QED) is 0.657. The lowest BCUT2D eigenvalue weighted by molar-refractivity contribution is -0.144. The number of carbonyl (C=O) groups is 2. The molecule has 0 bridgehead atoms. The van der Waals surface area contributed by atoms with Gasteiger partial charge in [0.05, 0.1) is 4.91 Å². The summed E-state index contributed by atoms with van der Waals surface area (Å²) in [6.07, 6.45) is 1.58. The number of carboxylic acids is 1. The maximum Gasteiger partial charge on any atom is 0.326 e. The van der Waals surface area contributed by atoms with Gasteiger partial charge in [0.25, 0.3) is 5.91 Å². The van der Waals surface area contributed by atoms with Crippen molar-refractivity contribution in [3.63, 3.8) is 0 Å². The van der Waals surface area contributed by atoms with Gasteiger partial charge in [0.15, 0.2) is 0 Å². The molecule has 1 aliphatic heterocycles. The van der Waals surface area contributed by atoms with Gasteiger partial charge >= 0.3 is 5.97 Å². The number of nitrogens with zero attached hydrogens (tertiary/aromatic N) is 1. The van der Waals surface area contributed by atoms with Crippen LogP contribution in [-0.4, -0.2) is 32.2 Å². The van der Waals surface area contributed by atoms with Crippen molar-refractivity contribution >= 4 is 69.5 Å². The monoisotopic (exact) mass is 361 g/mol. The predicted octanol–water partition coefficient (Wildman–Crippen LogP) is 3.67. The third-order valence-electron chi connectivity index (χ3n) is 2.82. The zero-order valence-corrected chi connectivity index (χ0v) is 13.8. The van der Waals surface area contributed by atoms with Crippen LogP contribution in [0.4, 0.5) is 0 Å². The summed E-state index contributed by atoms with van der Waals surface area (Å²) in [7, 11) is 0. The Labute approximate surface area is 140 Å². The molecule has 110 valence electrons. The van der Waals surface area contributed by atoms with Crippen LogP contribution in [0.15, 0.2) is 23.1 Å². The van der Waals surface area contributed by atoms with E-state index in [2.05, 4.69) is 0 Å². The standard InChI is InChI=1S/C13H9Cl2NO3S2/c1-6(12(18)19)16-11(17)10(21-13(16)20)4-7-2-3-8(14)5-9(7)15/h2-6H,1H3,(H,18,19)/b10-4-. The van der Waals surface area contributed by atoms with Crippen LogP contribution < -0.4 is 0 Å². The lowest BCUT2D eigenvalue weighted by Gasteiger charge is -2.18. The lowest BCUT2D eigenvalue weighted by atomic mass is 10.2. The van der Waals surface area contributed by atoms with Crippen molar-refractivity contribution in [2.24, 2.45) is 0 Å². The molecule has 2 rings (SSSR count). The van der Waals surface area contributed by atoms with E-state index < -0.39 is 17.9 Å². The molecule has 1 amide bonds. The van der Waals surface area contributed by atoms with Gasteiger partial charge in [-0.15, -0.1) is 0 Å². The summed E-state index contributed by atoms with van der Waals surface area (Å²) in [4.78, 5) is 24.7. The fraction of sp³-hybridized carbons (Fsp3) is 0.154. The highest BCUT2D eigenvalue weighted by atomic mass is 35.5. The Morgan fingerprint density at radius 1 is 1.48 bits per heavy atom. The average molecular weight is 362 g/mol. The summed E-state index contributed by atoms with van der Waals surface area (Å²) in [6.45, 7) is 1.41. The van der Waals surface area contributed by atoms with Crippen LogP contribution in [0.3, 0.4) is 0 Å². The Bertz CT molecular complexity index is 675. The van der Waals surface area contributed by atoms with E-state index in [4.69, 9.17) is 40.5 Å². The van der Waals surface area contributed by atoms with Gasteiger partial charge in [0.2, 0.25) is 0 Å². The molecule has 1 aromatic carbocycles. The van der Waals surface area contributed by atoms with E-state index in [0.717, 1.165) is 16.7 Å². The molecule has 21 heavy (non-hydrogen) atoms. The van der Waals surface area contributed by atoms with Crippen molar-refractivity contribution < 1.29 is 14.7 Å². The summed E-state index contributed by atoms with van der Waals surface area (Å²) < 4.78 is 0.214. The second kappa shape index (κ2) is 6.36. The number of rotatable bonds is 3. The van der Waals surface area contributed by atoms with Crippen LogP contribution in [0, 0.1) is 0 Å². The van der Waals surface area contributed by atoms with Gasteiger partial charge in [-0.3, -0.25) is 9.69 Å². The topological polar surface area (TPSA) is 57.6 Å². The van der Waals surface area contributed by atoms with Crippen LogP contribution >= 0.6 is 47.2 Å². The minimum Gasteiger partial charge on any atom is -0.480 e. The van der Waals surface area contributed by atoms with Crippen LogP contribution in [0.25, 0.3) is 6.08 Å². The molecule has 4 nitrogen and oxygen atoms in total. The van der Waals surface area contributed by atoms with Gasteiger partial charge in [-0.2, -0.15) is 0 Å². The molecular weight excluding hydrogens is 353 g/mol. The van der Waals surface area contributed by atoms with E-state index in [9.17, 15) is 9.59 Å². The van der Waals surface area contributed by atoms with Gasteiger partial charge < -0.3 is 5.11 Å². The van der Waals surface area contributed by atoms with Crippen molar-refractivity contribution in [3.8, 4) is 0 Å². The Morgan fingerprint density at radius 3 is 2.71 bits per heavy atom. The van der Waals surface area contributed by atoms with Crippen molar-refractivity contribution in [2.45, 2.75) is 13.0 Å². The van der Waals surface area contributed by atoms with Gasteiger partial charge in [-0.25, -0.2) is 4.79 Å². The summed E-state index contributed by atoms with van der Waals surface area (Å²) in [5, 5.41) is 9.90. The highest BCUT2D eigenvalue weighted by molar-refractivity contribution is 8.26. The van der Waals surface area contributed by atoms with Crippen molar-refractivity contribution in [2.75, 3.05) is 0 Å². The van der Waals surface area contributed by atoms with E-state index in [0.29, 0.717) is 20.5 Å². The molecule has 1 heterocycles. The van der Waals surface area contributed by atoms with Crippen LogP contribution in [0.5, 0.6) is 0 Å². The molecule has 0 radical (unpaired) electrons. The van der Waals surface area contributed by atoms with E-state index >= 15 is 0 Å². The first-order valence-corrected chi connectivity index (χ1v) is 7.74. The highest BCUT2D eigenvalue weighted by Crippen LogP contribution is 2.35. The Morgan fingerprint density at radius 2 is 2.14 bits per heavy atom. The fourth-order valence-corrected chi connectivity index (χ4v) is 3.56. The van der Waals surface area contributed by atoms with Gasteiger partial charge in [-0.1, -0.05) is 53.2 Å². The lowest BCUT2D eigenvalue weighted by Crippen LogP contribution is -2.41. The number of hydrogen-bond acceptors (Lipinski definition) is 4. The second-order valence-electron chi connectivity index (χ2n) is 4.23. The molecule has 1 fully saturated rings.